The quantitative estimate of drug-likeness (QED) is 0.623. The molecule has 0 saturated heterocycles. The molecule has 1 aromatic heterocycles. The Kier molecular flexibility index (Phi) is 9.27. The Morgan fingerprint density at radius 2 is 1.90 bits per heavy atom. The average Bonchev–Trinajstić information content (AvgIpc) is 2.74. The number of benzene rings is 1. The molecule has 0 amide bonds. The topological polar surface area (TPSA) is 54.4 Å². The van der Waals surface area contributed by atoms with Crippen molar-refractivity contribution in [2.24, 2.45) is 0 Å². The van der Waals surface area contributed by atoms with Gasteiger partial charge in [-0.25, -0.2) is 4.98 Å². The van der Waals surface area contributed by atoms with Crippen molar-refractivity contribution < 1.29 is 23.0 Å². The molecule has 31 heavy (non-hydrogen) atoms. The van der Waals surface area contributed by atoms with Gasteiger partial charge in [0.25, 0.3) is 0 Å². The molecule has 2 rings (SSSR count). The normalized spacial score (nSPS) is 14.4. The van der Waals surface area contributed by atoms with Gasteiger partial charge in [-0.3, -0.25) is 0 Å². The van der Waals surface area contributed by atoms with Crippen molar-refractivity contribution in [1.82, 2.24) is 4.98 Å². The summed E-state index contributed by atoms with van der Waals surface area (Å²) in [5.74, 6) is 0.589. The Balaban J connectivity index is 2.62. The van der Waals surface area contributed by atoms with Crippen LogP contribution in [0.4, 0.5) is 19.0 Å². The number of nitrogens with one attached hydrogen (secondary N) is 1. The summed E-state index contributed by atoms with van der Waals surface area (Å²) in [5.41, 5.74) is 0.722. The van der Waals surface area contributed by atoms with E-state index in [4.69, 9.17) is 4.74 Å². The molecule has 1 unspecified atom stereocenters. The molecule has 0 fully saturated rings. The molecule has 1 aromatic carbocycles. The van der Waals surface area contributed by atoms with Crippen LogP contribution in [0.1, 0.15) is 32.3 Å². The predicted octanol–water partition coefficient (Wildman–Crippen LogP) is 4.12. The number of nitrogens with zero attached hydrogens (tertiary/aromatic N) is 1. The van der Waals surface area contributed by atoms with Crippen molar-refractivity contribution in [3.63, 3.8) is 0 Å². The number of aliphatic hydroxyl groups is 1. The van der Waals surface area contributed by atoms with E-state index in [1.165, 1.54) is 19.2 Å². The summed E-state index contributed by atoms with van der Waals surface area (Å²) in [4.78, 5) is 4.51. The van der Waals surface area contributed by atoms with Crippen LogP contribution in [0.15, 0.2) is 42.6 Å². The highest BCUT2D eigenvalue weighted by atomic mass is 19.4. The second-order valence-corrected chi connectivity index (χ2v) is 7.10. The van der Waals surface area contributed by atoms with Crippen LogP contribution in [0.2, 0.25) is 0 Å². The zero-order chi connectivity index (χ0) is 22.9. The van der Waals surface area contributed by atoms with Crippen LogP contribution < -0.4 is 15.8 Å². The van der Waals surface area contributed by atoms with E-state index in [-0.39, 0.29) is 13.2 Å². The number of pyridine rings is 1. The van der Waals surface area contributed by atoms with Crippen LogP contribution in [0.25, 0.3) is 23.3 Å². The van der Waals surface area contributed by atoms with Crippen LogP contribution in [0.5, 0.6) is 0 Å². The van der Waals surface area contributed by atoms with Crippen molar-refractivity contribution in [3.05, 3.63) is 58.6 Å². The van der Waals surface area contributed by atoms with E-state index < -0.39 is 17.8 Å². The van der Waals surface area contributed by atoms with Gasteiger partial charge in [-0.1, -0.05) is 49.8 Å². The first-order valence-corrected chi connectivity index (χ1v) is 10.2. The van der Waals surface area contributed by atoms with Crippen LogP contribution in [-0.2, 0) is 10.9 Å². The van der Waals surface area contributed by atoms with E-state index in [0.29, 0.717) is 11.4 Å². The van der Waals surface area contributed by atoms with Crippen LogP contribution >= 0.6 is 0 Å². The van der Waals surface area contributed by atoms with Gasteiger partial charge in [-0.15, -0.1) is 0 Å². The second kappa shape index (κ2) is 11.7. The molecular formula is C24H29F3N2O2. The minimum absolute atomic E-state index is 0.194. The van der Waals surface area contributed by atoms with Crippen molar-refractivity contribution >= 4 is 18.0 Å². The number of anilines is 1. The third kappa shape index (κ3) is 6.94. The number of hydrogen-bond donors (Lipinski definition) is 2. The van der Waals surface area contributed by atoms with Gasteiger partial charge in [0, 0.05) is 30.6 Å². The van der Waals surface area contributed by atoms with E-state index in [9.17, 15) is 18.3 Å². The van der Waals surface area contributed by atoms with Crippen LogP contribution in [0.3, 0.4) is 0 Å². The number of aliphatic hydroxyl groups excluding tert-OH is 1. The summed E-state index contributed by atoms with van der Waals surface area (Å²) in [6, 6.07) is 5.11. The number of ether oxygens (including phenoxy) is 1. The smallest absolute Gasteiger partial charge is 0.389 e. The number of unbranched alkanes of at least 4 members (excludes halogenated alkanes) is 1. The lowest BCUT2D eigenvalue weighted by Gasteiger charge is -2.14. The first kappa shape index (κ1) is 24.6. The van der Waals surface area contributed by atoms with Crippen molar-refractivity contribution in [2.45, 2.75) is 39.0 Å². The van der Waals surface area contributed by atoms with E-state index in [1.807, 2.05) is 25.2 Å². The van der Waals surface area contributed by atoms with Gasteiger partial charge in [0.2, 0.25) is 0 Å². The molecule has 0 aliphatic rings. The molecule has 0 aliphatic heterocycles. The Bertz CT molecular complexity index is 984. The molecule has 168 valence electrons. The monoisotopic (exact) mass is 434 g/mol. The standard InChI is InChI=1S/C24H29F3N2O2/c1-4-6-8-20-21(9-7-5-2)23(28-14-19(30)16-31-3)29-15-22(20)17-10-12-18(13-11-17)24(25,26)27/h5,7-13,15,19,30H,4,6,14,16H2,1-3H3,(H,28,29)/b7-5-,20-8-,21-9+. The summed E-state index contributed by atoms with van der Waals surface area (Å²) in [6.45, 7) is 4.41. The van der Waals surface area contributed by atoms with Gasteiger partial charge in [-0.2, -0.15) is 13.2 Å². The van der Waals surface area contributed by atoms with E-state index in [0.717, 1.165) is 41.0 Å². The van der Waals surface area contributed by atoms with Gasteiger partial charge >= 0.3 is 6.18 Å². The lowest BCUT2D eigenvalue weighted by molar-refractivity contribution is -0.137. The Hall–Kier alpha value is -2.64. The molecule has 0 radical (unpaired) electrons. The SMILES string of the molecule is C\C=C/C=c1/c(NCC(O)COC)ncc(-c2ccc(C(F)(F)F)cc2)/c1=C\CCC. The molecule has 1 atom stereocenters. The maximum absolute atomic E-state index is 13.0. The maximum atomic E-state index is 13.0. The first-order valence-electron chi connectivity index (χ1n) is 10.2. The lowest BCUT2D eigenvalue weighted by atomic mass is 10.0. The Labute approximate surface area is 180 Å². The molecule has 0 aliphatic carbocycles. The first-order chi connectivity index (χ1) is 14.8. The molecule has 0 saturated carbocycles. The molecule has 2 aromatic rings. The van der Waals surface area contributed by atoms with E-state index in [2.05, 4.69) is 23.3 Å². The number of allylic oxidation sites excluding steroid dienone is 2. The molecule has 1 heterocycles. The average molecular weight is 435 g/mol. The Morgan fingerprint density at radius 1 is 1.19 bits per heavy atom. The highest BCUT2D eigenvalue weighted by molar-refractivity contribution is 5.68. The number of rotatable bonds is 9. The van der Waals surface area contributed by atoms with Crippen molar-refractivity contribution in [2.75, 3.05) is 25.6 Å². The summed E-state index contributed by atoms with van der Waals surface area (Å²) >= 11 is 0. The number of aromatic nitrogens is 1. The zero-order valence-electron chi connectivity index (χ0n) is 18.0. The summed E-state index contributed by atoms with van der Waals surface area (Å²) in [5, 5.41) is 14.8. The minimum atomic E-state index is -4.38. The molecule has 0 spiro atoms. The molecule has 7 heteroatoms. The summed E-state index contributed by atoms with van der Waals surface area (Å²) in [6.07, 6.45) is 6.06. The third-order valence-electron chi connectivity index (χ3n) is 4.64. The fourth-order valence-electron chi connectivity index (χ4n) is 3.09. The minimum Gasteiger partial charge on any atom is -0.389 e. The third-order valence-corrected chi connectivity index (χ3v) is 4.64. The van der Waals surface area contributed by atoms with Gasteiger partial charge in [0.05, 0.1) is 18.3 Å². The maximum Gasteiger partial charge on any atom is 0.416 e. The fraction of sp³-hybridized carbons (Fsp3) is 0.375. The van der Waals surface area contributed by atoms with Gasteiger partial charge in [0.15, 0.2) is 0 Å². The molecule has 0 bridgehead atoms. The molecular weight excluding hydrogens is 405 g/mol. The van der Waals surface area contributed by atoms with Crippen LogP contribution in [-0.4, -0.2) is 36.5 Å². The Morgan fingerprint density at radius 3 is 2.48 bits per heavy atom. The lowest BCUT2D eigenvalue weighted by Crippen LogP contribution is -2.34. The van der Waals surface area contributed by atoms with E-state index >= 15 is 0 Å². The highest BCUT2D eigenvalue weighted by Crippen LogP contribution is 2.30. The van der Waals surface area contributed by atoms with Gasteiger partial charge in [0.1, 0.15) is 5.82 Å². The van der Waals surface area contributed by atoms with Crippen molar-refractivity contribution in [1.29, 1.82) is 0 Å². The zero-order valence-corrected chi connectivity index (χ0v) is 18.0. The molecule has 4 nitrogen and oxygen atoms in total. The van der Waals surface area contributed by atoms with Crippen LogP contribution in [0, 0.1) is 0 Å². The molecule has 2 N–H and O–H groups in total. The van der Waals surface area contributed by atoms with Crippen molar-refractivity contribution in [3.8, 4) is 11.1 Å². The highest BCUT2D eigenvalue weighted by Gasteiger charge is 2.30. The van der Waals surface area contributed by atoms with E-state index in [1.54, 1.807) is 6.20 Å². The number of methoxy groups -OCH3 is 1. The van der Waals surface area contributed by atoms with Gasteiger partial charge < -0.3 is 15.2 Å². The number of alkyl halides is 3. The predicted molar refractivity (Wildman–Crippen MR) is 119 cm³/mol. The summed E-state index contributed by atoms with van der Waals surface area (Å²) < 4.78 is 43.8. The second-order valence-electron chi connectivity index (χ2n) is 7.10. The fourth-order valence-corrected chi connectivity index (χ4v) is 3.09. The number of halogens is 3. The largest absolute Gasteiger partial charge is 0.416 e. The summed E-state index contributed by atoms with van der Waals surface area (Å²) in [7, 11) is 1.52. The van der Waals surface area contributed by atoms with Gasteiger partial charge in [-0.05, 0) is 36.3 Å². The number of hydrogen-bond acceptors (Lipinski definition) is 4.